The van der Waals surface area contributed by atoms with Gasteiger partial charge in [0.1, 0.15) is 0 Å². The Labute approximate surface area is 142 Å². The molecule has 1 N–H and O–H groups in total. The van der Waals surface area contributed by atoms with E-state index in [1.165, 1.54) is 0 Å². The Balaban J connectivity index is 1.96. The van der Waals surface area contributed by atoms with Crippen LogP contribution in [-0.2, 0) is 12.7 Å². The van der Waals surface area contributed by atoms with Crippen LogP contribution in [-0.4, -0.2) is 53.7 Å². The Morgan fingerprint density at radius 1 is 1.17 bits per heavy atom. The highest BCUT2D eigenvalue weighted by molar-refractivity contribution is 5.24. The summed E-state index contributed by atoms with van der Waals surface area (Å²) in [5.74, 6) is 0.577. The molecule has 0 unspecified atom stereocenters. The molecule has 1 fully saturated rings. The fourth-order valence-electron chi connectivity index (χ4n) is 3.29. The van der Waals surface area contributed by atoms with Gasteiger partial charge in [-0.25, -0.2) is 0 Å². The Bertz CT molecular complexity index is 502. The van der Waals surface area contributed by atoms with Gasteiger partial charge >= 0.3 is 6.18 Å². The van der Waals surface area contributed by atoms with E-state index in [1.807, 2.05) is 0 Å². The molecule has 1 aliphatic heterocycles. The van der Waals surface area contributed by atoms with Crippen LogP contribution in [0.4, 0.5) is 13.2 Å². The summed E-state index contributed by atoms with van der Waals surface area (Å²) in [6.45, 7) is 8.87. The van der Waals surface area contributed by atoms with Crippen molar-refractivity contribution >= 4 is 0 Å². The lowest BCUT2D eigenvalue weighted by atomic mass is 10.0. The summed E-state index contributed by atoms with van der Waals surface area (Å²) in [5, 5.41) is 9.30. The van der Waals surface area contributed by atoms with Gasteiger partial charge < -0.3 is 5.11 Å². The van der Waals surface area contributed by atoms with Crippen molar-refractivity contribution in [3.63, 3.8) is 0 Å². The second-order valence-electron chi connectivity index (χ2n) is 6.98. The number of hydrogen-bond acceptors (Lipinski definition) is 3. The number of hydrogen-bond donors (Lipinski definition) is 1. The number of aliphatic hydroxyl groups excluding tert-OH is 1. The standard InChI is InChI=1S/C18H27F3N2O/c1-14(2)11-23-9-8-22(13-17(23)7-10-24)12-15-3-5-16(6-4-15)18(19,20)21/h3-6,14,17,24H,7-13H2,1-2H3/t17-/m0/s1. The molecular formula is C18H27F3N2O. The lowest BCUT2D eigenvalue weighted by Crippen LogP contribution is -2.53. The first kappa shape index (κ1) is 19.2. The largest absolute Gasteiger partial charge is 0.416 e. The molecule has 0 bridgehead atoms. The number of nitrogens with zero attached hydrogens (tertiary/aromatic N) is 2. The van der Waals surface area contributed by atoms with Crippen molar-refractivity contribution in [1.82, 2.24) is 9.80 Å². The van der Waals surface area contributed by atoms with Crippen LogP contribution in [0.1, 0.15) is 31.4 Å². The number of piperazine rings is 1. The summed E-state index contributed by atoms with van der Waals surface area (Å²) in [4.78, 5) is 4.68. The van der Waals surface area contributed by atoms with Gasteiger partial charge in [0.15, 0.2) is 0 Å². The molecular weight excluding hydrogens is 317 g/mol. The summed E-state index contributed by atoms with van der Waals surface area (Å²) in [7, 11) is 0. The number of halogens is 3. The van der Waals surface area contributed by atoms with E-state index in [1.54, 1.807) is 12.1 Å². The molecule has 0 amide bonds. The van der Waals surface area contributed by atoms with Gasteiger partial charge in [-0.15, -0.1) is 0 Å². The second kappa shape index (κ2) is 8.32. The van der Waals surface area contributed by atoms with Crippen molar-refractivity contribution in [2.24, 2.45) is 5.92 Å². The van der Waals surface area contributed by atoms with Crippen molar-refractivity contribution in [2.75, 3.05) is 32.8 Å². The van der Waals surface area contributed by atoms with Crippen LogP contribution in [0.3, 0.4) is 0 Å². The molecule has 2 rings (SSSR count). The van der Waals surface area contributed by atoms with Crippen LogP contribution in [0.15, 0.2) is 24.3 Å². The number of benzene rings is 1. The highest BCUT2D eigenvalue weighted by atomic mass is 19.4. The van der Waals surface area contributed by atoms with Crippen LogP contribution < -0.4 is 0 Å². The van der Waals surface area contributed by atoms with Crippen molar-refractivity contribution in [3.8, 4) is 0 Å². The van der Waals surface area contributed by atoms with Crippen LogP contribution in [0, 0.1) is 5.92 Å². The van der Waals surface area contributed by atoms with Gasteiger partial charge in [-0.3, -0.25) is 9.80 Å². The third kappa shape index (κ3) is 5.46. The van der Waals surface area contributed by atoms with Gasteiger partial charge in [-0.1, -0.05) is 26.0 Å². The van der Waals surface area contributed by atoms with Gasteiger partial charge in [0.25, 0.3) is 0 Å². The summed E-state index contributed by atoms with van der Waals surface area (Å²) < 4.78 is 37.9. The first-order valence-electron chi connectivity index (χ1n) is 8.53. The fraction of sp³-hybridized carbons (Fsp3) is 0.667. The number of alkyl halides is 3. The average molecular weight is 344 g/mol. The first-order valence-corrected chi connectivity index (χ1v) is 8.53. The number of rotatable bonds is 6. The Kier molecular flexibility index (Phi) is 6.66. The third-order valence-electron chi connectivity index (χ3n) is 4.44. The molecule has 1 aliphatic rings. The van der Waals surface area contributed by atoms with Crippen molar-refractivity contribution in [2.45, 2.75) is 39.0 Å². The van der Waals surface area contributed by atoms with Crippen molar-refractivity contribution < 1.29 is 18.3 Å². The van der Waals surface area contributed by atoms with Gasteiger partial charge in [-0.2, -0.15) is 13.2 Å². The molecule has 0 aromatic heterocycles. The predicted octanol–water partition coefficient (Wildman–Crippen LogP) is 3.23. The maximum Gasteiger partial charge on any atom is 0.416 e. The zero-order chi connectivity index (χ0) is 17.7. The van der Waals surface area contributed by atoms with E-state index in [0.29, 0.717) is 18.5 Å². The Hall–Kier alpha value is -1.11. The maximum absolute atomic E-state index is 12.6. The Morgan fingerprint density at radius 2 is 1.83 bits per heavy atom. The molecule has 1 heterocycles. The number of aliphatic hydroxyl groups is 1. The highest BCUT2D eigenvalue weighted by Crippen LogP contribution is 2.29. The zero-order valence-corrected chi connectivity index (χ0v) is 14.4. The Morgan fingerprint density at radius 3 is 2.38 bits per heavy atom. The van der Waals surface area contributed by atoms with Gasteiger partial charge in [0, 0.05) is 45.4 Å². The fourth-order valence-corrected chi connectivity index (χ4v) is 3.29. The molecule has 136 valence electrons. The van der Waals surface area contributed by atoms with Crippen LogP contribution in [0.2, 0.25) is 0 Å². The van der Waals surface area contributed by atoms with Crippen molar-refractivity contribution in [1.29, 1.82) is 0 Å². The van der Waals surface area contributed by atoms with E-state index in [2.05, 4.69) is 23.6 Å². The van der Waals surface area contributed by atoms with Gasteiger partial charge in [0.2, 0.25) is 0 Å². The monoisotopic (exact) mass is 344 g/mol. The average Bonchev–Trinajstić information content (AvgIpc) is 2.49. The van der Waals surface area contributed by atoms with E-state index in [9.17, 15) is 18.3 Å². The van der Waals surface area contributed by atoms with E-state index in [4.69, 9.17) is 0 Å². The molecule has 0 saturated carbocycles. The lowest BCUT2D eigenvalue weighted by Gasteiger charge is -2.42. The molecule has 1 atom stereocenters. The molecule has 24 heavy (non-hydrogen) atoms. The summed E-state index contributed by atoms with van der Waals surface area (Å²) in [6, 6.07) is 5.72. The SMILES string of the molecule is CC(C)CN1CCN(Cc2ccc(C(F)(F)F)cc2)C[C@@H]1CCO. The van der Waals surface area contributed by atoms with E-state index in [-0.39, 0.29) is 6.61 Å². The summed E-state index contributed by atoms with van der Waals surface area (Å²) >= 11 is 0. The minimum atomic E-state index is -4.28. The summed E-state index contributed by atoms with van der Waals surface area (Å²) in [5.41, 5.74) is 0.286. The van der Waals surface area contributed by atoms with E-state index in [0.717, 1.165) is 50.3 Å². The minimum absolute atomic E-state index is 0.160. The second-order valence-corrected chi connectivity index (χ2v) is 6.98. The van der Waals surface area contributed by atoms with Gasteiger partial charge in [-0.05, 0) is 30.0 Å². The van der Waals surface area contributed by atoms with Crippen LogP contribution in [0.25, 0.3) is 0 Å². The van der Waals surface area contributed by atoms with E-state index >= 15 is 0 Å². The van der Waals surface area contributed by atoms with E-state index < -0.39 is 11.7 Å². The first-order chi connectivity index (χ1) is 11.3. The highest BCUT2D eigenvalue weighted by Gasteiger charge is 2.30. The van der Waals surface area contributed by atoms with Crippen LogP contribution >= 0.6 is 0 Å². The van der Waals surface area contributed by atoms with Crippen molar-refractivity contribution in [3.05, 3.63) is 35.4 Å². The third-order valence-corrected chi connectivity index (χ3v) is 4.44. The quantitative estimate of drug-likeness (QED) is 0.858. The molecule has 0 radical (unpaired) electrons. The zero-order valence-electron chi connectivity index (χ0n) is 14.4. The molecule has 3 nitrogen and oxygen atoms in total. The maximum atomic E-state index is 12.6. The van der Waals surface area contributed by atoms with Crippen LogP contribution in [0.5, 0.6) is 0 Å². The molecule has 1 aromatic carbocycles. The summed E-state index contributed by atoms with van der Waals surface area (Å²) in [6.07, 6.45) is -3.55. The molecule has 6 heteroatoms. The smallest absolute Gasteiger partial charge is 0.396 e. The molecule has 1 saturated heterocycles. The molecule has 0 aliphatic carbocycles. The normalized spacial score (nSPS) is 20.7. The molecule has 0 spiro atoms. The lowest BCUT2D eigenvalue weighted by molar-refractivity contribution is -0.137. The topological polar surface area (TPSA) is 26.7 Å². The van der Waals surface area contributed by atoms with Gasteiger partial charge in [0.05, 0.1) is 5.56 Å². The predicted molar refractivity (Wildman–Crippen MR) is 88.6 cm³/mol. The molecule has 1 aromatic rings. The minimum Gasteiger partial charge on any atom is -0.396 e.